The number of hydrogen-bond donors (Lipinski definition) is 0. The lowest BCUT2D eigenvalue weighted by atomic mass is 9.59. The lowest BCUT2D eigenvalue weighted by Crippen LogP contribution is -2.59. The van der Waals surface area contributed by atoms with E-state index in [-0.39, 0.29) is 21.8 Å². The number of nitro groups is 1. The first-order valence-corrected chi connectivity index (χ1v) is 15.1. The van der Waals surface area contributed by atoms with Gasteiger partial charge in [0.2, 0.25) is 5.54 Å². The van der Waals surface area contributed by atoms with Gasteiger partial charge in [-0.15, -0.1) is 0 Å². The molecule has 7 heteroatoms. The number of ether oxygens (including phenoxy) is 1. The normalized spacial score (nSPS) is 32.4. The summed E-state index contributed by atoms with van der Waals surface area (Å²) in [7, 11) is -0.230. The highest BCUT2D eigenvalue weighted by atomic mass is 28.4. The molecule has 178 valence electrons. The molecule has 0 spiro atoms. The first-order valence-electron chi connectivity index (χ1n) is 12.2. The van der Waals surface area contributed by atoms with Gasteiger partial charge in [0.15, 0.2) is 8.32 Å². The van der Waals surface area contributed by atoms with Crippen LogP contribution in [0.4, 0.5) is 0 Å². The summed E-state index contributed by atoms with van der Waals surface area (Å²) in [6.45, 7) is 15.6. The number of allylic oxidation sites excluding steroid dienone is 1. The summed E-state index contributed by atoms with van der Waals surface area (Å²) >= 11 is 0. The smallest absolute Gasteiger partial charge is 0.234 e. The van der Waals surface area contributed by atoms with Gasteiger partial charge in [0.1, 0.15) is 0 Å². The van der Waals surface area contributed by atoms with Gasteiger partial charge in [-0.25, -0.2) is 0 Å². The lowest BCUT2D eigenvalue weighted by Gasteiger charge is -2.49. The van der Waals surface area contributed by atoms with Gasteiger partial charge >= 0.3 is 0 Å². The molecule has 2 aliphatic carbocycles. The van der Waals surface area contributed by atoms with Crippen molar-refractivity contribution in [2.45, 2.75) is 102 Å². The van der Waals surface area contributed by atoms with Gasteiger partial charge in [0, 0.05) is 43.2 Å². The largest absolute Gasteiger partial charge is 0.416 e. The Hall–Kier alpha value is -0.923. The first-order chi connectivity index (χ1) is 14.5. The Bertz CT molecular complexity index is 702. The number of likely N-dealkylation sites (tertiary alicyclic amines) is 1. The number of fused-ring (bicyclic) bond motifs is 1. The van der Waals surface area contributed by atoms with Crippen LogP contribution in [-0.4, -0.2) is 56.6 Å². The van der Waals surface area contributed by atoms with Gasteiger partial charge in [0.05, 0.1) is 18.6 Å². The fourth-order valence-corrected chi connectivity index (χ4v) is 7.02. The molecule has 0 N–H and O–H groups in total. The Labute approximate surface area is 190 Å². The van der Waals surface area contributed by atoms with E-state index in [1.807, 2.05) is 0 Å². The maximum absolute atomic E-state index is 12.7. The fraction of sp³-hybridized carbons (Fsp3) is 0.917. The van der Waals surface area contributed by atoms with E-state index in [0.29, 0.717) is 19.1 Å². The quantitative estimate of drug-likeness (QED) is 0.285. The molecule has 1 saturated heterocycles. The topological polar surface area (TPSA) is 64.8 Å². The third-order valence-corrected chi connectivity index (χ3v) is 13.4. The summed E-state index contributed by atoms with van der Waals surface area (Å²) in [5.74, 6) is -0.0405. The van der Waals surface area contributed by atoms with E-state index >= 15 is 0 Å². The molecular formula is C24H44N2O4Si. The maximum Gasteiger partial charge on any atom is 0.234 e. The Kier molecular flexibility index (Phi) is 7.29. The summed E-state index contributed by atoms with van der Waals surface area (Å²) in [6, 6.07) is 0.392. The van der Waals surface area contributed by atoms with Gasteiger partial charge < -0.3 is 14.1 Å². The van der Waals surface area contributed by atoms with E-state index in [0.717, 1.165) is 45.3 Å². The van der Waals surface area contributed by atoms with Gasteiger partial charge in [-0.05, 0) is 62.7 Å². The van der Waals surface area contributed by atoms with Crippen LogP contribution in [0, 0.1) is 22.0 Å². The fourth-order valence-electron chi connectivity index (χ4n) is 6.01. The summed E-state index contributed by atoms with van der Waals surface area (Å²) in [5.41, 5.74) is 1.69. The minimum absolute atomic E-state index is 0.0907. The molecule has 0 radical (unpaired) electrons. The molecule has 0 bridgehead atoms. The Morgan fingerprint density at radius 2 is 1.90 bits per heavy atom. The van der Waals surface area contributed by atoms with Crippen molar-refractivity contribution < 1.29 is 14.1 Å². The van der Waals surface area contributed by atoms with E-state index in [1.54, 1.807) is 7.11 Å². The van der Waals surface area contributed by atoms with Crippen LogP contribution in [-0.2, 0) is 9.16 Å². The highest BCUT2D eigenvalue weighted by Gasteiger charge is 2.61. The summed E-state index contributed by atoms with van der Waals surface area (Å²) < 4.78 is 12.2. The van der Waals surface area contributed by atoms with Crippen molar-refractivity contribution in [3.63, 3.8) is 0 Å². The van der Waals surface area contributed by atoms with E-state index in [1.165, 1.54) is 17.7 Å². The third-order valence-electron chi connectivity index (χ3n) is 8.95. The highest BCUT2D eigenvalue weighted by Crippen LogP contribution is 2.53. The van der Waals surface area contributed by atoms with Crippen LogP contribution >= 0.6 is 0 Å². The lowest BCUT2D eigenvalue weighted by molar-refractivity contribution is -0.596. The molecule has 0 unspecified atom stereocenters. The van der Waals surface area contributed by atoms with Crippen LogP contribution in [0.3, 0.4) is 0 Å². The van der Waals surface area contributed by atoms with Crippen molar-refractivity contribution in [3.8, 4) is 0 Å². The van der Waals surface area contributed by atoms with Crippen molar-refractivity contribution in [1.82, 2.24) is 4.90 Å². The molecule has 1 saturated carbocycles. The Balaban J connectivity index is 2.01. The van der Waals surface area contributed by atoms with Crippen molar-refractivity contribution in [1.29, 1.82) is 0 Å². The summed E-state index contributed by atoms with van der Waals surface area (Å²) in [4.78, 5) is 15.3. The molecule has 31 heavy (non-hydrogen) atoms. The van der Waals surface area contributed by atoms with Crippen molar-refractivity contribution in [2.24, 2.45) is 11.8 Å². The average molecular weight is 453 g/mol. The monoisotopic (exact) mass is 452 g/mol. The molecule has 3 aliphatic rings. The molecule has 0 amide bonds. The molecule has 1 aliphatic heterocycles. The van der Waals surface area contributed by atoms with Gasteiger partial charge in [-0.1, -0.05) is 27.2 Å². The third kappa shape index (κ3) is 4.47. The molecular weight excluding hydrogens is 408 g/mol. The van der Waals surface area contributed by atoms with Crippen molar-refractivity contribution in [3.05, 3.63) is 21.4 Å². The average Bonchev–Trinajstić information content (AvgIpc) is 3.14. The van der Waals surface area contributed by atoms with Crippen LogP contribution in [0.2, 0.25) is 18.1 Å². The van der Waals surface area contributed by atoms with Crippen molar-refractivity contribution >= 4 is 8.32 Å². The second kappa shape index (κ2) is 9.14. The molecule has 3 rings (SSSR count). The second-order valence-electron chi connectivity index (χ2n) is 11.6. The molecule has 2 fully saturated rings. The number of methoxy groups -OCH3 is 1. The predicted octanol–water partition coefficient (Wildman–Crippen LogP) is 5.62. The Morgan fingerprint density at radius 1 is 1.19 bits per heavy atom. The molecule has 6 nitrogen and oxygen atoms in total. The van der Waals surface area contributed by atoms with Crippen LogP contribution < -0.4 is 0 Å². The predicted molar refractivity (Wildman–Crippen MR) is 127 cm³/mol. The number of rotatable bonds is 7. The first kappa shape index (κ1) is 24.7. The Morgan fingerprint density at radius 3 is 2.52 bits per heavy atom. The zero-order valence-corrected chi connectivity index (χ0v) is 21.8. The standard InChI is InChI=1S/C24H44N2O4Si/c1-18-21(17-30-31(6,7)23(2,3)4)24(26(27)28)13-9-8-11-19(24)15-22(18)25-14-10-12-20(25)16-29-5/h19-21H,8-17H2,1-7H3/t19-,20-,21-,24+/m0/s1. The van der Waals surface area contributed by atoms with E-state index in [2.05, 4.69) is 45.7 Å². The number of nitrogens with zero attached hydrogens (tertiary/aromatic N) is 2. The van der Waals surface area contributed by atoms with Gasteiger partial charge in [-0.2, -0.15) is 0 Å². The zero-order chi connectivity index (χ0) is 23.0. The van der Waals surface area contributed by atoms with E-state index in [4.69, 9.17) is 9.16 Å². The summed E-state index contributed by atoms with van der Waals surface area (Å²) in [5, 5.41) is 12.8. The van der Waals surface area contributed by atoms with Gasteiger partial charge in [-0.3, -0.25) is 10.1 Å². The molecule has 1 heterocycles. The molecule has 0 aromatic heterocycles. The number of hydrogen-bond acceptors (Lipinski definition) is 5. The zero-order valence-electron chi connectivity index (χ0n) is 20.8. The summed E-state index contributed by atoms with van der Waals surface area (Å²) in [6.07, 6.45) is 6.83. The minimum Gasteiger partial charge on any atom is -0.416 e. The molecule has 4 atom stereocenters. The van der Waals surface area contributed by atoms with E-state index in [9.17, 15) is 10.1 Å². The molecule has 0 aromatic carbocycles. The van der Waals surface area contributed by atoms with E-state index < -0.39 is 13.9 Å². The van der Waals surface area contributed by atoms with Gasteiger partial charge in [0.25, 0.3) is 0 Å². The van der Waals surface area contributed by atoms with Crippen LogP contribution in [0.25, 0.3) is 0 Å². The van der Waals surface area contributed by atoms with Crippen molar-refractivity contribution in [2.75, 3.05) is 26.9 Å². The van der Waals surface area contributed by atoms with Crippen LogP contribution in [0.1, 0.15) is 72.6 Å². The van der Waals surface area contributed by atoms with Crippen LogP contribution in [0.15, 0.2) is 11.3 Å². The maximum atomic E-state index is 12.7. The molecule has 0 aromatic rings. The SMILES string of the molecule is COC[C@@H]1CCCN1C1=C(C)[C@H](CO[Si](C)(C)C(C)(C)C)[C@@]2([N+](=O)[O-])CCCC[C@H]2C1. The minimum atomic E-state index is -2.00. The highest BCUT2D eigenvalue weighted by molar-refractivity contribution is 6.74. The van der Waals surface area contributed by atoms with Crippen LogP contribution in [0.5, 0.6) is 0 Å². The second-order valence-corrected chi connectivity index (χ2v) is 16.4.